The van der Waals surface area contributed by atoms with Crippen LogP contribution in [0, 0.1) is 13.8 Å². The Kier molecular flexibility index (Phi) is 6.95. The number of benzene rings is 2. The molecule has 0 N–H and O–H groups in total. The molecule has 0 bridgehead atoms. The summed E-state index contributed by atoms with van der Waals surface area (Å²) in [6.07, 6.45) is 3.29. The standard InChI is InChI=1S/C23H28N2O4S/c1-4-29-21-9-6-20(7-10-21)8-12-23(26)24-13-15-25(16-14-24)30(27,28)22-11-5-18(2)17-19(22)3/h5-12,17H,4,13-16H2,1-3H3. The van der Waals surface area contributed by atoms with Crippen LogP contribution < -0.4 is 4.74 Å². The Morgan fingerprint density at radius 1 is 1.03 bits per heavy atom. The molecular weight excluding hydrogens is 400 g/mol. The second-order valence-electron chi connectivity index (χ2n) is 7.33. The summed E-state index contributed by atoms with van der Waals surface area (Å²) in [6.45, 7) is 7.61. The van der Waals surface area contributed by atoms with Gasteiger partial charge < -0.3 is 9.64 Å². The molecule has 1 aliphatic rings. The third kappa shape index (κ3) is 5.09. The number of hydrogen-bond donors (Lipinski definition) is 0. The van der Waals surface area contributed by atoms with Crippen molar-refractivity contribution >= 4 is 22.0 Å². The van der Waals surface area contributed by atoms with E-state index in [-0.39, 0.29) is 19.0 Å². The largest absolute Gasteiger partial charge is 0.494 e. The van der Waals surface area contributed by atoms with E-state index in [4.69, 9.17) is 4.74 Å². The molecule has 30 heavy (non-hydrogen) atoms. The summed E-state index contributed by atoms with van der Waals surface area (Å²) in [5.74, 6) is 0.676. The van der Waals surface area contributed by atoms with Gasteiger partial charge in [-0.2, -0.15) is 4.31 Å². The Labute approximate surface area is 178 Å². The van der Waals surface area contributed by atoms with E-state index >= 15 is 0 Å². The van der Waals surface area contributed by atoms with Gasteiger partial charge in [0.2, 0.25) is 15.9 Å². The first-order valence-electron chi connectivity index (χ1n) is 10.1. The van der Waals surface area contributed by atoms with Crippen LogP contribution in [0.3, 0.4) is 0 Å². The van der Waals surface area contributed by atoms with Crippen molar-refractivity contribution in [2.24, 2.45) is 0 Å². The van der Waals surface area contributed by atoms with Crippen molar-refractivity contribution < 1.29 is 17.9 Å². The summed E-state index contributed by atoms with van der Waals surface area (Å²) < 4.78 is 32.8. The van der Waals surface area contributed by atoms with Gasteiger partial charge in [0.1, 0.15) is 5.75 Å². The number of amides is 1. The number of rotatable bonds is 6. The summed E-state index contributed by atoms with van der Waals surface area (Å²) in [5, 5.41) is 0. The Hall–Kier alpha value is -2.64. The predicted octanol–water partition coefficient (Wildman–Crippen LogP) is 3.25. The zero-order valence-electron chi connectivity index (χ0n) is 17.7. The van der Waals surface area contributed by atoms with E-state index in [0.29, 0.717) is 24.6 Å². The normalized spacial score (nSPS) is 15.5. The third-order valence-corrected chi connectivity index (χ3v) is 7.17. The lowest BCUT2D eigenvalue weighted by Gasteiger charge is -2.33. The SMILES string of the molecule is CCOc1ccc(C=CC(=O)N2CCN(S(=O)(=O)c3ccc(C)cc3C)CC2)cc1. The van der Waals surface area contributed by atoms with Crippen LogP contribution in [0.2, 0.25) is 0 Å². The van der Waals surface area contributed by atoms with Gasteiger partial charge in [0, 0.05) is 32.3 Å². The summed E-state index contributed by atoms with van der Waals surface area (Å²) in [7, 11) is -3.56. The van der Waals surface area contributed by atoms with Crippen LogP contribution in [-0.4, -0.2) is 56.3 Å². The molecule has 1 fully saturated rings. The zero-order valence-corrected chi connectivity index (χ0v) is 18.5. The van der Waals surface area contributed by atoms with Crippen LogP contribution in [0.5, 0.6) is 5.75 Å². The van der Waals surface area contributed by atoms with Gasteiger partial charge in [-0.25, -0.2) is 8.42 Å². The Morgan fingerprint density at radius 2 is 1.70 bits per heavy atom. The van der Waals surface area contributed by atoms with Gasteiger partial charge >= 0.3 is 0 Å². The lowest BCUT2D eigenvalue weighted by molar-refractivity contribution is -0.127. The minimum absolute atomic E-state index is 0.118. The molecule has 1 aliphatic heterocycles. The molecule has 0 unspecified atom stereocenters. The number of aryl methyl sites for hydroxylation is 2. The van der Waals surface area contributed by atoms with Crippen molar-refractivity contribution in [3.8, 4) is 5.75 Å². The van der Waals surface area contributed by atoms with Gasteiger partial charge in [0.25, 0.3) is 0 Å². The lowest BCUT2D eigenvalue weighted by Crippen LogP contribution is -2.50. The summed E-state index contributed by atoms with van der Waals surface area (Å²) >= 11 is 0. The first kappa shape index (κ1) is 22.1. The van der Waals surface area contributed by atoms with E-state index in [1.807, 2.05) is 57.2 Å². The zero-order chi connectivity index (χ0) is 21.7. The van der Waals surface area contributed by atoms with Gasteiger partial charge in [-0.3, -0.25) is 4.79 Å². The molecule has 0 saturated carbocycles. The highest BCUT2D eigenvalue weighted by Crippen LogP contribution is 2.22. The molecule has 0 spiro atoms. The van der Waals surface area contributed by atoms with Crippen LogP contribution in [0.1, 0.15) is 23.6 Å². The highest BCUT2D eigenvalue weighted by atomic mass is 32.2. The number of piperazine rings is 1. The van der Waals surface area contributed by atoms with E-state index in [2.05, 4.69) is 0 Å². The molecular formula is C23H28N2O4S. The molecule has 7 heteroatoms. The van der Waals surface area contributed by atoms with Gasteiger partial charge in [0.05, 0.1) is 11.5 Å². The van der Waals surface area contributed by atoms with Crippen molar-refractivity contribution in [2.45, 2.75) is 25.7 Å². The maximum absolute atomic E-state index is 13.0. The molecule has 160 valence electrons. The number of hydrogen-bond acceptors (Lipinski definition) is 4. The van der Waals surface area contributed by atoms with Gasteiger partial charge in [-0.1, -0.05) is 29.8 Å². The second kappa shape index (κ2) is 9.45. The number of nitrogens with zero attached hydrogens (tertiary/aromatic N) is 2. The molecule has 0 aliphatic carbocycles. The van der Waals surface area contributed by atoms with Crippen LogP contribution >= 0.6 is 0 Å². The molecule has 2 aromatic carbocycles. The maximum Gasteiger partial charge on any atom is 0.246 e. The highest BCUT2D eigenvalue weighted by molar-refractivity contribution is 7.89. The van der Waals surface area contributed by atoms with E-state index < -0.39 is 10.0 Å². The van der Waals surface area contributed by atoms with Crippen LogP contribution in [0.25, 0.3) is 6.08 Å². The van der Waals surface area contributed by atoms with E-state index in [1.165, 1.54) is 10.4 Å². The van der Waals surface area contributed by atoms with Crippen LogP contribution in [0.15, 0.2) is 53.4 Å². The topological polar surface area (TPSA) is 66.9 Å². The van der Waals surface area contributed by atoms with Crippen LogP contribution in [-0.2, 0) is 14.8 Å². The average molecular weight is 429 g/mol. The number of sulfonamides is 1. The monoisotopic (exact) mass is 428 g/mol. The first-order chi connectivity index (χ1) is 14.3. The smallest absolute Gasteiger partial charge is 0.246 e. The van der Waals surface area contributed by atoms with Crippen molar-refractivity contribution in [1.82, 2.24) is 9.21 Å². The molecule has 0 radical (unpaired) electrons. The molecule has 0 atom stereocenters. The predicted molar refractivity (Wildman–Crippen MR) is 118 cm³/mol. The second-order valence-corrected chi connectivity index (χ2v) is 9.24. The van der Waals surface area contributed by atoms with E-state index in [9.17, 15) is 13.2 Å². The first-order valence-corrected chi connectivity index (χ1v) is 11.5. The maximum atomic E-state index is 13.0. The number of carbonyl (C=O) groups is 1. The van der Waals surface area contributed by atoms with Crippen LogP contribution in [0.4, 0.5) is 0 Å². The van der Waals surface area contributed by atoms with E-state index in [0.717, 1.165) is 22.4 Å². The fraction of sp³-hybridized carbons (Fsp3) is 0.348. The Morgan fingerprint density at radius 3 is 2.30 bits per heavy atom. The fourth-order valence-electron chi connectivity index (χ4n) is 3.49. The summed E-state index contributed by atoms with van der Waals surface area (Å²) in [5.41, 5.74) is 2.68. The summed E-state index contributed by atoms with van der Waals surface area (Å²) in [4.78, 5) is 14.5. The quantitative estimate of drug-likeness (QED) is 0.663. The number of ether oxygens (including phenoxy) is 1. The Bertz CT molecular complexity index is 1020. The average Bonchev–Trinajstić information content (AvgIpc) is 2.73. The molecule has 3 rings (SSSR count). The summed E-state index contributed by atoms with van der Waals surface area (Å²) in [6, 6.07) is 12.9. The molecule has 2 aromatic rings. The van der Waals surface area contributed by atoms with Gasteiger partial charge in [0.15, 0.2) is 0 Å². The molecule has 1 saturated heterocycles. The van der Waals surface area contributed by atoms with Crippen molar-refractivity contribution in [3.63, 3.8) is 0 Å². The van der Waals surface area contributed by atoms with Gasteiger partial charge in [-0.15, -0.1) is 0 Å². The Balaban J connectivity index is 1.59. The minimum atomic E-state index is -3.56. The van der Waals surface area contributed by atoms with Crippen molar-refractivity contribution in [3.05, 3.63) is 65.2 Å². The fourth-order valence-corrected chi connectivity index (χ4v) is 5.12. The minimum Gasteiger partial charge on any atom is -0.494 e. The van der Waals surface area contributed by atoms with Gasteiger partial charge in [-0.05, 0) is 56.2 Å². The lowest BCUT2D eigenvalue weighted by atomic mass is 10.2. The molecule has 0 aromatic heterocycles. The van der Waals surface area contributed by atoms with Crippen molar-refractivity contribution in [2.75, 3.05) is 32.8 Å². The molecule has 1 heterocycles. The molecule has 1 amide bonds. The van der Waals surface area contributed by atoms with Crippen molar-refractivity contribution in [1.29, 1.82) is 0 Å². The van der Waals surface area contributed by atoms with E-state index in [1.54, 1.807) is 17.0 Å². The highest BCUT2D eigenvalue weighted by Gasteiger charge is 2.30. The number of carbonyl (C=O) groups excluding carboxylic acids is 1. The molecule has 6 nitrogen and oxygen atoms in total. The third-order valence-electron chi connectivity index (χ3n) is 5.11.